The highest BCUT2D eigenvalue weighted by Gasteiger charge is 2.34. The molecule has 1 amide bonds. The van der Waals surface area contributed by atoms with Crippen LogP contribution in [0.4, 0.5) is 5.82 Å². The summed E-state index contributed by atoms with van der Waals surface area (Å²) in [5.74, 6) is 1.72. The molecule has 1 aliphatic carbocycles. The molecule has 0 radical (unpaired) electrons. The molecule has 2 aromatic rings. The summed E-state index contributed by atoms with van der Waals surface area (Å²) in [5.41, 5.74) is 2.16. The first-order valence-electron chi connectivity index (χ1n) is 10.3. The smallest absolute Gasteiger partial charge is 0.239 e. The fourth-order valence-electron chi connectivity index (χ4n) is 4.53. The number of H-pyrrole nitrogens is 1. The molecule has 1 saturated carbocycles. The van der Waals surface area contributed by atoms with Crippen LogP contribution in [0.2, 0.25) is 0 Å². The van der Waals surface area contributed by atoms with Crippen molar-refractivity contribution in [1.29, 1.82) is 0 Å². The van der Waals surface area contributed by atoms with Crippen molar-refractivity contribution in [2.24, 2.45) is 5.92 Å². The maximum Gasteiger partial charge on any atom is 0.239 e. The van der Waals surface area contributed by atoms with Crippen LogP contribution in [0, 0.1) is 12.8 Å². The zero-order valence-corrected chi connectivity index (χ0v) is 16.4. The maximum absolute atomic E-state index is 12.3. The second kappa shape index (κ2) is 7.89. The summed E-state index contributed by atoms with van der Waals surface area (Å²) in [5, 5.41) is 14.6. The van der Waals surface area contributed by atoms with Crippen molar-refractivity contribution in [1.82, 2.24) is 20.4 Å². The van der Waals surface area contributed by atoms with Crippen LogP contribution in [-0.2, 0) is 4.79 Å². The molecule has 0 unspecified atom stereocenters. The van der Waals surface area contributed by atoms with E-state index in [0.717, 1.165) is 41.8 Å². The number of aromatic amines is 1. The molecule has 2 fully saturated rings. The highest BCUT2D eigenvalue weighted by atomic mass is 16.2. The second-order valence-electron chi connectivity index (χ2n) is 8.28. The maximum atomic E-state index is 12.3. The number of anilines is 1. The third-order valence-corrected chi connectivity index (χ3v) is 6.32. The highest BCUT2D eigenvalue weighted by Crippen LogP contribution is 2.31. The number of fused-ring (bicyclic) bond motifs is 1. The van der Waals surface area contributed by atoms with Gasteiger partial charge in [-0.05, 0) is 50.7 Å². The normalized spacial score (nSPS) is 23.9. The zero-order valence-electron chi connectivity index (χ0n) is 16.4. The van der Waals surface area contributed by atoms with Crippen molar-refractivity contribution >= 4 is 22.6 Å². The highest BCUT2D eigenvalue weighted by molar-refractivity contribution is 5.92. The van der Waals surface area contributed by atoms with E-state index in [-0.39, 0.29) is 12.5 Å². The van der Waals surface area contributed by atoms with E-state index in [4.69, 9.17) is 0 Å². The Morgan fingerprint density at radius 3 is 2.78 bits per heavy atom. The van der Waals surface area contributed by atoms with Gasteiger partial charge in [-0.25, -0.2) is 0 Å². The number of nitrogens with zero attached hydrogens (tertiary/aromatic N) is 2. The monoisotopic (exact) mass is 369 g/mol. The van der Waals surface area contributed by atoms with Crippen LogP contribution in [0.1, 0.15) is 44.6 Å². The number of aryl methyl sites for hydroxylation is 1. The van der Waals surface area contributed by atoms with Gasteiger partial charge in [-0.15, -0.1) is 0 Å². The van der Waals surface area contributed by atoms with Crippen LogP contribution < -0.4 is 10.6 Å². The Morgan fingerprint density at radius 1 is 1.26 bits per heavy atom. The molecule has 1 saturated heterocycles. The van der Waals surface area contributed by atoms with Gasteiger partial charge in [0.1, 0.15) is 0 Å². The van der Waals surface area contributed by atoms with Crippen molar-refractivity contribution < 1.29 is 4.79 Å². The summed E-state index contributed by atoms with van der Waals surface area (Å²) in [4.78, 5) is 14.8. The lowest BCUT2D eigenvalue weighted by Gasteiger charge is -2.46. The van der Waals surface area contributed by atoms with Crippen molar-refractivity contribution in [3.8, 4) is 0 Å². The number of rotatable bonds is 6. The van der Waals surface area contributed by atoms with Crippen LogP contribution >= 0.6 is 0 Å². The number of aromatic nitrogens is 2. The summed E-state index contributed by atoms with van der Waals surface area (Å²) >= 11 is 0. The third kappa shape index (κ3) is 4.10. The Bertz CT molecular complexity index is 787. The van der Waals surface area contributed by atoms with E-state index in [2.05, 4.69) is 45.6 Å². The Hall–Kier alpha value is -2.08. The van der Waals surface area contributed by atoms with Crippen molar-refractivity contribution in [2.75, 3.05) is 25.0 Å². The van der Waals surface area contributed by atoms with Crippen LogP contribution in [0.3, 0.4) is 0 Å². The third-order valence-electron chi connectivity index (χ3n) is 6.32. The predicted octanol–water partition coefficient (Wildman–Crippen LogP) is 3.05. The van der Waals surface area contributed by atoms with Gasteiger partial charge in [0.2, 0.25) is 5.91 Å². The number of hydrogen-bond donors (Lipinski definition) is 3. The minimum Gasteiger partial charge on any atom is -0.359 e. The van der Waals surface area contributed by atoms with E-state index >= 15 is 0 Å². The van der Waals surface area contributed by atoms with Gasteiger partial charge in [0.25, 0.3) is 0 Å². The molecule has 0 spiro atoms. The molecule has 3 N–H and O–H groups in total. The number of likely N-dealkylation sites (tertiary alicyclic amines) is 1. The van der Waals surface area contributed by atoms with Gasteiger partial charge in [-0.2, -0.15) is 5.10 Å². The molecule has 146 valence electrons. The van der Waals surface area contributed by atoms with Crippen LogP contribution in [0.5, 0.6) is 0 Å². The Labute approximate surface area is 161 Å². The minimum absolute atomic E-state index is 0.0399. The number of nitrogens with one attached hydrogen (secondary N) is 3. The average molecular weight is 370 g/mol. The minimum atomic E-state index is 0.0399. The van der Waals surface area contributed by atoms with Crippen LogP contribution in [-0.4, -0.2) is 52.7 Å². The summed E-state index contributed by atoms with van der Waals surface area (Å²) in [6.07, 6.45) is 6.72. The van der Waals surface area contributed by atoms with Gasteiger partial charge in [0.15, 0.2) is 5.82 Å². The lowest BCUT2D eigenvalue weighted by molar-refractivity contribution is -0.121. The summed E-state index contributed by atoms with van der Waals surface area (Å²) < 4.78 is 0. The second-order valence-corrected chi connectivity index (χ2v) is 8.28. The number of hydrogen-bond acceptors (Lipinski definition) is 4. The molecule has 2 aliphatic rings. The molecular formula is C21H31N5O. The van der Waals surface area contributed by atoms with Gasteiger partial charge in [0, 0.05) is 24.5 Å². The first kappa shape index (κ1) is 18.3. The molecule has 6 heteroatoms. The molecule has 1 aliphatic heterocycles. The number of amides is 1. The van der Waals surface area contributed by atoms with E-state index in [1.807, 2.05) is 12.1 Å². The van der Waals surface area contributed by atoms with Crippen molar-refractivity contribution in [3.05, 3.63) is 23.8 Å². The van der Waals surface area contributed by atoms with Gasteiger partial charge in [-0.3, -0.25) is 14.8 Å². The zero-order chi connectivity index (χ0) is 18.8. The quantitative estimate of drug-likeness (QED) is 0.732. The molecule has 2 heterocycles. The van der Waals surface area contributed by atoms with Gasteiger partial charge in [-0.1, -0.05) is 25.0 Å². The molecule has 4 rings (SSSR count). The van der Waals surface area contributed by atoms with Gasteiger partial charge in [0.05, 0.1) is 18.1 Å². The summed E-state index contributed by atoms with van der Waals surface area (Å²) in [7, 11) is 0. The first-order valence-corrected chi connectivity index (χ1v) is 10.3. The SMILES string of the molecule is CC[C@H]1CC[C@@H](N2CC(NC(=O)CNc3n[nH]c4ccc(C)cc34)C2)CC1. The van der Waals surface area contributed by atoms with Crippen molar-refractivity contribution in [2.45, 2.75) is 58.0 Å². The lowest BCUT2D eigenvalue weighted by Crippen LogP contribution is -2.63. The molecule has 27 heavy (non-hydrogen) atoms. The lowest BCUT2D eigenvalue weighted by atomic mass is 9.83. The number of benzene rings is 1. The standard InChI is InChI=1S/C21H31N5O/c1-3-15-5-7-17(8-6-15)26-12-16(13-26)23-20(27)11-22-21-18-10-14(2)4-9-19(18)24-25-21/h4,9-10,15-17H,3,5-8,11-13H2,1-2H3,(H,23,27)(H2,22,24,25)/t15-,17+. The van der Waals surface area contributed by atoms with E-state index in [1.54, 1.807) is 0 Å². The van der Waals surface area contributed by atoms with Crippen LogP contribution in [0.15, 0.2) is 18.2 Å². The Balaban J connectivity index is 1.20. The van der Waals surface area contributed by atoms with Gasteiger partial charge < -0.3 is 10.6 Å². The van der Waals surface area contributed by atoms with Gasteiger partial charge >= 0.3 is 0 Å². The molecule has 1 aromatic heterocycles. The first-order chi connectivity index (χ1) is 13.1. The van der Waals surface area contributed by atoms with E-state index < -0.39 is 0 Å². The van der Waals surface area contributed by atoms with E-state index in [1.165, 1.54) is 37.7 Å². The molecule has 0 atom stereocenters. The topological polar surface area (TPSA) is 73.1 Å². The van der Waals surface area contributed by atoms with E-state index in [9.17, 15) is 4.79 Å². The number of carbonyl (C=O) groups excluding carboxylic acids is 1. The Kier molecular flexibility index (Phi) is 5.34. The average Bonchev–Trinajstić information content (AvgIpc) is 3.05. The van der Waals surface area contributed by atoms with E-state index in [0.29, 0.717) is 6.04 Å². The molecule has 6 nitrogen and oxygen atoms in total. The number of carbonyl (C=O) groups is 1. The fraction of sp³-hybridized carbons (Fsp3) is 0.619. The fourth-order valence-corrected chi connectivity index (χ4v) is 4.53. The predicted molar refractivity (Wildman–Crippen MR) is 109 cm³/mol. The summed E-state index contributed by atoms with van der Waals surface area (Å²) in [6, 6.07) is 7.17. The van der Waals surface area contributed by atoms with Crippen molar-refractivity contribution in [3.63, 3.8) is 0 Å². The molecule has 0 bridgehead atoms. The molecular weight excluding hydrogens is 338 g/mol. The largest absolute Gasteiger partial charge is 0.359 e. The molecule has 1 aromatic carbocycles. The van der Waals surface area contributed by atoms with Crippen LogP contribution in [0.25, 0.3) is 10.9 Å². The Morgan fingerprint density at radius 2 is 2.04 bits per heavy atom. The summed E-state index contributed by atoms with van der Waals surface area (Å²) in [6.45, 7) is 6.61.